The molecule has 4 aromatic carbocycles. The quantitative estimate of drug-likeness (QED) is 0.164. The Bertz CT molecular complexity index is 1970. The fourth-order valence-electron chi connectivity index (χ4n) is 4.87. The maximum Gasteiger partial charge on any atom is 0.345 e. The van der Waals surface area contributed by atoms with Gasteiger partial charge in [0.2, 0.25) is 0 Å². The van der Waals surface area contributed by atoms with E-state index in [1.165, 1.54) is 12.1 Å². The van der Waals surface area contributed by atoms with Crippen molar-refractivity contribution in [1.82, 2.24) is 19.9 Å². The maximum atomic E-state index is 12.5. The Labute approximate surface area is 254 Å². The number of aromatic hydroxyl groups is 2. The highest BCUT2D eigenvalue weighted by atomic mass is 35.5. The van der Waals surface area contributed by atoms with Crippen molar-refractivity contribution in [1.29, 1.82) is 0 Å². The van der Waals surface area contributed by atoms with Crippen molar-refractivity contribution in [2.45, 2.75) is 6.42 Å². The zero-order valence-electron chi connectivity index (χ0n) is 22.3. The molecular formula is C33H22Cl2N4O4. The van der Waals surface area contributed by atoms with Crippen molar-refractivity contribution in [3.63, 3.8) is 0 Å². The van der Waals surface area contributed by atoms with Gasteiger partial charge >= 0.3 is 11.4 Å². The number of H-pyrrole nitrogens is 2. The van der Waals surface area contributed by atoms with Crippen molar-refractivity contribution < 1.29 is 10.2 Å². The van der Waals surface area contributed by atoms with Gasteiger partial charge < -0.3 is 20.2 Å². The Morgan fingerprint density at radius 1 is 0.558 bits per heavy atom. The molecule has 4 N–H and O–H groups in total. The Morgan fingerprint density at radius 2 is 0.977 bits per heavy atom. The lowest BCUT2D eigenvalue weighted by atomic mass is 9.97. The van der Waals surface area contributed by atoms with Gasteiger partial charge in [0.1, 0.15) is 11.5 Å². The van der Waals surface area contributed by atoms with Crippen molar-refractivity contribution in [3.05, 3.63) is 139 Å². The third-order valence-electron chi connectivity index (χ3n) is 6.90. The van der Waals surface area contributed by atoms with E-state index in [-0.39, 0.29) is 22.9 Å². The highest BCUT2D eigenvalue weighted by molar-refractivity contribution is 6.33. The lowest BCUT2D eigenvalue weighted by molar-refractivity contribution is 0.476. The fraction of sp³-hybridized carbons (Fsp3) is 0.0303. The standard InChI is InChI=1S/C33H22Cl2N4O4/c34-24-7-3-1-5-20(24)26-16-28(38-32(42)36-26)22-14-18(9-11-30(22)40)13-19-10-12-31(41)23(15-19)29-17-27(37-33(43)39-29)21-6-2-4-8-25(21)35/h1-12,14-17,40-41H,13H2,(H,36,38,42)(H,37,39,43). The van der Waals surface area contributed by atoms with Gasteiger partial charge in [-0.2, -0.15) is 9.97 Å². The number of hydrogen-bond donors (Lipinski definition) is 4. The molecule has 6 rings (SSSR count). The van der Waals surface area contributed by atoms with Crippen LogP contribution in [0, 0.1) is 0 Å². The van der Waals surface area contributed by atoms with Gasteiger partial charge in [-0.25, -0.2) is 9.59 Å². The van der Waals surface area contributed by atoms with Crippen molar-refractivity contribution >= 4 is 23.2 Å². The van der Waals surface area contributed by atoms with Crippen LogP contribution in [0.2, 0.25) is 10.0 Å². The fourth-order valence-corrected chi connectivity index (χ4v) is 5.35. The second-order valence-electron chi connectivity index (χ2n) is 9.81. The Morgan fingerprint density at radius 3 is 1.40 bits per heavy atom. The van der Waals surface area contributed by atoms with Crippen molar-refractivity contribution in [2.75, 3.05) is 0 Å². The molecule has 43 heavy (non-hydrogen) atoms. The minimum atomic E-state index is -0.582. The van der Waals surface area contributed by atoms with E-state index in [1.54, 1.807) is 72.8 Å². The number of halogens is 2. The monoisotopic (exact) mass is 608 g/mol. The van der Waals surface area contributed by atoms with Gasteiger partial charge in [0.25, 0.3) is 0 Å². The summed E-state index contributed by atoms with van der Waals surface area (Å²) in [7, 11) is 0. The highest BCUT2D eigenvalue weighted by Crippen LogP contribution is 2.35. The molecule has 0 amide bonds. The molecule has 0 bridgehead atoms. The minimum Gasteiger partial charge on any atom is -0.507 e. The minimum absolute atomic E-state index is 0.0434. The molecule has 8 nitrogen and oxygen atoms in total. The molecule has 0 unspecified atom stereocenters. The van der Waals surface area contributed by atoms with E-state index in [1.807, 2.05) is 12.1 Å². The predicted octanol–water partition coefficient (Wildman–Crippen LogP) is 6.83. The number of nitrogens with one attached hydrogen (secondary N) is 2. The van der Waals surface area contributed by atoms with E-state index in [9.17, 15) is 19.8 Å². The summed E-state index contributed by atoms with van der Waals surface area (Å²) in [5.74, 6) is -0.0867. The number of benzene rings is 4. The number of rotatable bonds is 6. The van der Waals surface area contributed by atoms with Gasteiger partial charge in [-0.1, -0.05) is 71.7 Å². The van der Waals surface area contributed by atoms with Crippen LogP contribution in [0.1, 0.15) is 11.1 Å². The summed E-state index contributed by atoms with van der Waals surface area (Å²) in [4.78, 5) is 38.5. The Kier molecular flexibility index (Phi) is 7.54. The van der Waals surface area contributed by atoms with E-state index in [4.69, 9.17) is 23.2 Å². The molecule has 2 heterocycles. The molecule has 2 aromatic heterocycles. The van der Waals surface area contributed by atoms with E-state index >= 15 is 0 Å². The third-order valence-corrected chi connectivity index (χ3v) is 7.56. The normalized spacial score (nSPS) is 11.0. The van der Waals surface area contributed by atoms with Crippen molar-refractivity contribution in [3.8, 4) is 56.5 Å². The van der Waals surface area contributed by atoms with Gasteiger partial charge in [-0.05, 0) is 66.1 Å². The van der Waals surface area contributed by atoms with Crippen LogP contribution in [-0.2, 0) is 6.42 Å². The van der Waals surface area contributed by atoms with Crippen molar-refractivity contribution in [2.24, 2.45) is 0 Å². The van der Waals surface area contributed by atoms with Crippen LogP contribution < -0.4 is 11.4 Å². The largest absolute Gasteiger partial charge is 0.507 e. The SMILES string of the molecule is O=c1nc(-c2cc(Cc3ccc(O)c(-c4cc(-c5ccccc5Cl)[nH]c(=O)n4)c3)ccc2O)cc(-c2ccccc2Cl)[nH]1. The summed E-state index contributed by atoms with van der Waals surface area (Å²) >= 11 is 12.7. The molecule has 0 aliphatic carbocycles. The summed E-state index contributed by atoms with van der Waals surface area (Å²) in [6.45, 7) is 0. The molecule has 0 spiro atoms. The van der Waals surface area contributed by atoms with Crippen LogP contribution in [0.15, 0.2) is 107 Å². The molecule has 0 aliphatic rings. The van der Waals surface area contributed by atoms with Gasteiger partial charge in [-0.15, -0.1) is 0 Å². The molecule has 0 radical (unpaired) electrons. The number of hydrogen-bond acceptors (Lipinski definition) is 6. The summed E-state index contributed by atoms with van der Waals surface area (Å²) in [5.41, 5.74) is 3.95. The Hall–Kier alpha value is -5.18. The van der Waals surface area contributed by atoms with Crippen LogP contribution in [0.5, 0.6) is 11.5 Å². The van der Waals surface area contributed by atoms with Gasteiger partial charge in [0, 0.05) is 32.3 Å². The molecule has 0 aliphatic heterocycles. The van der Waals surface area contributed by atoms with Crippen LogP contribution in [-0.4, -0.2) is 30.1 Å². The van der Waals surface area contributed by atoms with Gasteiger partial charge in [-0.3, -0.25) is 0 Å². The predicted molar refractivity (Wildman–Crippen MR) is 168 cm³/mol. The summed E-state index contributed by atoms with van der Waals surface area (Å²) in [6, 6.07) is 27.6. The van der Waals surface area contributed by atoms with Gasteiger partial charge in [0.05, 0.1) is 22.8 Å². The molecule has 6 aromatic rings. The summed E-state index contributed by atoms with van der Waals surface area (Å²) in [6.07, 6.45) is 0.404. The molecule has 10 heteroatoms. The number of phenolic OH excluding ortho intramolecular Hbond substituents is 2. The summed E-state index contributed by atoms with van der Waals surface area (Å²) < 4.78 is 0. The topological polar surface area (TPSA) is 132 Å². The molecule has 212 valence electrons. The van der Waals surface area contributed by atoms with E-state index in [0.717, 1.165) is 11.1 Å². The molecule has 0 fully saturated rings. The van der Waals surface area contributed by atoms with Crippen LogP contribution in [0.3, 0.4) is 0 Å². The smallest absolute Gasteiger partial charge is 0.345 e. The molecule has 0 saturated heterocycles. The number of phenols is 2. The molecule has 0 atom stereocenters. The highest BCUT2D eigenvalue weighted by Gasteiger charge is 2.15. The number of aromatic amines is 2. The second-order valence-corrected chi connectivity index (χ2v) is 10.6. The lowest BCUT2D eigenvalue weighted by Crippen LogP contribution is -2.12. The second kappa shape index (κ2) is 11.6. The zero-order valence-corrected chi connectivity index (χ0v) is 23.8. The van der Waals surface area contributed by atoms with E-state index < -0.39 is 11.4 Å². The van der Waals surface area contributed by atoms with E-state index in [2.05, 4.69) is 19.9 Å². The first-order valence-electron chi connectivity index (χ1n) is 13.1. The van der Waals surface area contributed by atoms with Crippen LogP contribution in [0.25, 0.3) is 45.0 Å². The van der Waals surface area contributed by atoms with Gasteiger partial charge in [0.15, 0.2) is 0 Å². The third kappa shape index (κ3) is 5.92. The molecule has 0 saturated carbocycles. The summed E-state index contributed by atoms with van der Waals surface area (Å²) in [5, 5.41) is 22.3. The Balaban J connectivity index is 1.36. The average Bonchev–Trinajstić information content (AvgIpc) is 2.99. The van der Waals surface area contributed by atoms with Crippen LogP contribution >= 0.6 is 23.2 Å². The first kappa shape index (κ1) is 28.0. The van der Waals surface area contributed by atoms with Crippen LogP contribution in [0.4, 0.5) is 0 Å². The number of aromatic nitrogens is 4. The first-order chi connectivity index (χ1) is 20.7. The maximum absolute atomic E-state index is 12.5. The molecular weight excluding hydrogens is 587 g/mol. The van der Waals surface area contributed by atoms with E-state index in [0.29, 0.717) is 50.1 Å². The average molecular weight is 609 g/mol. The lowest BCUT2D eigenvalue weighted by Gasteiger charge is -2.12. The zero-order chi connectivity index (χ0) is 30.1. The number of nitrogens with zero attached hydrogens (tertiary/aromatic N) is 2. The first-order valence-corrected chi connectivity index (χ1v) is 13.9.